The average molecular weight is 169 g/mol. The largest absolute Gasteiger partial charge is 0.478 e. The van der Waals surface area contributed by atoms with Crippen LogP contribution < -0.4 is 0 Å². The third kappa shape index (κ3) is 1.45. The van der Waals surface area contributed by atoms with Crippen LogP contribution in [-0.4, -0.2) is 11.1 Å². The Labute approximate surface area is 66.6 Å². The summed E-state index contributed by atoms with van der Waals surface area (Å²) in [6.07, 6.45) is 0. The first-order valence-electron chi connectivity index (χ1n) is 3.01. The number of carbonyl (C=O) groups is 1. The molecule has 1 rings (SSSR count). The number of hydrogen-bond acceptors (Lipinski definition) is 3. The normalized spacial score (nSPS) is 9.42. The minimum atomic E-state index is -1.22. The number of halogens is 1. The molecule has 62 valence electrons. The lowest BCUT2D eigenvalue weighted by molar-refractivity contribution is 0.0697. The molecule has 0 aliphatic heterocycles. The first-order valence-corrected chi connectivity index (χ1v) is 3.01. The van der Waals surface area contributed by atoms with Gasteiger partial charge in [0, 0.05) is 0 Å². The molecule has 0 aromatic heterocycles. The standard InChI is InChI=1S/C7H4FNO3/c8-5-2-1-4(7(10)11)3-6(5)9-12/h1-3H,(H,10,11). The van der Waals surface area contributed by atoms with Gasteiger partial charge in [-0.3, -0.25) is 0 Å². The monoisotopic (exact) mass is 169 g/mol. The number of nitrogens with zero attached hydrogens (tertiary/aromatic N) is 1. The van der Waals surface area contributed by atoms with Crippen LogP contribution in [0, 0.1) is 10.7 Å². The van der Waals surface area contributed by atoms with Crippen molar-refractivity contribution in [2.45, 2.75) is 0 Å². The van der Waals surface area contributed by atoms with E-state index in [0.29, 0.717) is 0 Å². The predicted octanol–water partition coefficient (Wildman–Crippen LogP) is 1.92. The molecule has 12 heavy (non-hydrogen) atoms. The minimum absolute atomic E-state index is 0.161. The molecule has 5 heteroatoms. The van der Waals surface area contributed by atoms with E-state index in [1.54, 1.807) is 0 Å². The van der Waals surface area contributed by atoms with E-state index in [9.17, 15) is 14.1 Å². The third-order valence-electron chi connectivity index (χ3n) is 1.29. The van der Waals surface area contributed by atoms with Crippen molar-refractivity contribution < 1.29 is 14.3 Å². The van der Waals surface area contributed by atoms with E-state index in [4.69, 9.17) is 5.11 Å². The Hall–Kier alpha value is -1.78. The molecule has 0 saturated carbocycles. The smallest absolute Gasteiger partial charge is 0.335 e. The quantitative estimate of drug-likeness (QED) is 0.687. The van der Waals surface area contributed by atoms with E-state index in [1.807, 2.05) is 0 Å². The average Bonchev–Trinajstić information content (AvgIpc) is 2.05. The molecule has 0 amide bonds. The van der Waals surface area contributed by atoms with Gasteiger partial charge in [-0.25, -0.2) is 9.18 Å². The van der Waals surface area contributed by atoms with Crippen molar-refractivity contribution in [3.8, 4) is 0 Å². The van der Waals surface area contributed by atoms with Gasteiger partial charge in [-0.2, -0.15) is 0 Å². The summed E-state index contributed by atoms with van der Waals surface area (Å²) in [5.74, 6) is -2.05. The maximum atomic E-state index is 12.5. The maximum Gasteiger partial charge on any atom is 0.335 e. The summed E-state index contributed by atoms with van der Waals surface area (Å²) >= 11 is 0. The summed E-state index contributed by atoms with van der Waals surface area (Å²) in [5, 5.41) is 10.8. The molecule has 0 spiro atoms. The van der Waals surface area contributed by atoms with Crippen LogP contribution in [0.1, 0.15) is 10.4 Å². The van der Waals surface area contributed by atoms with E-state index in [1.165, 1.54) is 0 Å². The van der Waals surface area contributed by atoms with Crippen molar-refractivity contribution in [2.24, 2.45) is 5.18 Å². The van der Waals surface area contributed by atoms with Crippen LogP contribution in [0.4, 0.5) is 10.1 Å². The number of rotatable bonds is 2. The fourth-order valence-electron chi connectivity index (χ4n) is 0.716. The summed E-state index contributed by atoms with van der Waals surface area (Å²) in [6.45, 7) is 0. The molecule has 0 unspecified atom stereocenters. The van der Waals surface area contributed by atoms with Crippen LogP contribution in [0.25, 0.3) is 0 Å². The van der Waals surface area contributed by atoms with Crippen molar-refractivity contribution in [2.75, 3.05) is 0 Å². The number of carboxylic acids is 1. The first-order chi connectivity index (χ1) is 5.65. The zero-order valence-electron chi connectivity index (χ0n) is 5.82. The van der Waals surface area contributed by atoms with Gasteiger partial charge in [0.05, 0.1) is 5.56 Å². The fraction of sp³-hybridized carbons (Fsp3) is 0. The zero-order valence-corrected chi connectivity index (χ0v) is 5.82. The lowest BCUT2D eigenvalue weighted by atomic mass is 10.2. The predicted molar refractivity (Wildman–Crippen MR) is 38.8 cm³/mol. The molecule has 0 saturated heterocycles. The topological polar surface area (TPSA) is 66.7 Å². The number of nitroso groups, excluding NO2 is 1. The van der Waals surface area contributed by atoms with Crippen LogP contribution in [0.2, 0.25) is 0 Å². The number of benzene rings is 1. The van der Waals surface area contributed by atoms with Crippen LogP contribution in [0.15, 0.2) is 23.4 Å². The molecule has 1 N–H and O–H groups in total. The number of hydrogen-bond donors (Lipinski definition) is 1. The summed E-state index contributed by atoms with van der Waals surface area (Å²) in [4.78, 5) is 20.2. The highest BCUT2D eigenvalue weighted by Crippen LogP contribution is 2.18. The van der Waals surface area contributed by atoms with Gasteiger partial charge in [0.15, 0.2) is 5.82 Å². The van der Waals surface area contributed by atoms with Crippen molar-refractivity contribution in [3.05, 3.63) is 34.5 Å². The lowest BCUT2D eigenvalue weighted by Crippen LogP contribution is -1.95. The highest BCUT2D eigenvalue weighted by Gasteiger charge is 2.07. The summed E-state index contributed by atoms with van der Waals surface area (Å²) in [5.41, 5.74) is -0.652. The van der Waals surface area contributed by atoms with E-state index < -0.39 is 17.5 Å². The third-order valence-corrected chi connectivity index (χ3v) is 1.29. The lowest BCUT2D eigenvalue weighted by Gasteiger charge is -1.94. The van der Waals surface area contributed by atoms with Crippen molar-refractivity contribution in [1.29, 1.82) is 0 Å². The second-order valence-electron chi connectivity index (χ2n) is 2.06. The highest BCUT2D eigenvalue weighted by molar-refractivity contribution is 5.88. The van der Waals surface area contributed by atoms with Gasteiger partial charge in [0.25, 0.3) is 0 Å². The SMILES string of the molecule is O=Nc1cc(C(=O)O)ccc1F. The van der Waals surface area contributed by atoms with Crippen molar-refractivity contribution in [3.63, 3.8) is 0 Å². The Bertz CT molecular complexity index is 337. The Balaban J connectivity index is 3.22. The van der Waals surface area contributed by atoms with Crippen molar-refractivity contribution >= 4 is 11.7 Å². The molecule has 0 aliphatic carbocycles. The fourth-order valence-corrected chi connectivity index (χ4v) is 0.716. The Morgan fingerprint density at radius 1 is 1.50 bits per heavy atom. The van der Waals surface area contributed by atoms with Crippen LogP contribution >= 0.6 is 0 Å². The maximum absolute atomic E-state index is 12.5. The highest BCUT2D eigenvalue weighted by atomic mass is 19.1. The first kappa shape index (κ1) is 8.32. The Kier molecular flexibility index (Phi) is 2.14. The van der Waals surface area contributed by atoms with E-state index in [-0.39, 0.29) is 5.56 Å². The van der Waals surface area contributed by atoms with E-state index >= 15 is 0 Å². The molecule has 0 atom stereocenters. The minimum Gasteiger partial charge on any atom is -0.478 e. The Morgan fingerprint density at radius 3 is 2.67 bits per heavy atom. The second kappa shape index (κ2) is 3.08. The van der Waals surface area contributed by atoms with E-state index in [0.717, 1.165) is 18.2 Å². The summed E-state index contributed by atoms with van der Waals surface area (Å²) in [7, 11) is 0. The molecule has 0 bridgehead atoms. The van der Waals surface area contributed by atoms with Gasteiger partial charge in [0.1, 0.15) is 5.69 Å². The molecule has 0 radical (unpaired) electrons. The molecular weight excluding hydrogens is 165 g/mol. The van der Waals surface area contributed by atoms with Gasteiger partial charge in [0.2, 0.25) is 0 Å². The van der Waals surface area contributed by atoms with Gasteiger partial charge >= 0.3 is 5.97 Å². The van der Waals surface area contributed by atoms with Gasteiger partial charge in [-0.05, 0) is 23.4 Å². The van der Waals surface area contributed by atoms with Gasteiger partial charge < -0.3 is 5.11 Å². The molecule has 0 fully saturated rings. The molecule has 1 aromatic rings. The molecule has 0 aliphatic rings. The van der Waals surface area contributed by atoms with Crippen LogP contribution in [0.3, 0.4) is 0 Å². The van der Waals surface area contributed by atoms with E-state index in [2.05, 4.69) is 5.18 Å². The molecule has 1 aromatic carbocycles. The summed E-state index contributed by atoms with van der Waals surface area (Å²) in [6, 6.07) is 2.83. The molecule has 0 heterocycles. The van der Waals surface area contributed by atoms with Crippen molar-refractivity contribution in [1.82, 2.24) is 0 Å². The summed E-state index contributed by atoms with van der Waals surface area (Å²) < 4.78 is 12.5. The van der Waals surface area contributed by atoms with Crippen LogP contribution in [0.5, 0.6) is 0 Å². The Morgan fingerprint density at radius 2 is 2.17 bits per heavy atom. The van der Waals surface area contributed by atoms with Crippen LogP contribution in [-0.2, 0) is 0 Å². The van der Waals surface area contributed by atoms with Gasteiger partial charge in [-0.15, -0.1) is 4.91 Å². The molecular formula is C7H4FNO3. The molecule has 4 nitrogen and oxygen atoms in total. The van der Waals surface area contributed by atoms with Gasteiger partial charge in [-0.1, -0.05) is 0 Å². The number of aromatic carboxylic acids is 1. The second-order valence-corrected chi connectivity index (χ2v) is 2.06. The zero-order chi connectivity index (χ0) is 9.14. The number of carboxylic acid groups (broad SMARTS) is 1.